The van der Waals surface area contributed by atoms with Gasteiger partial charge in [-0.05, 0) is 18.1 Å². The number of alkyl halides is 3. The number of aromatic nitrogens is 3. The number of carbonyl (C=O) groups is 1. The fourth-order valence-electron chi connectivity index (χ4n) is 3.55. The summed E-state index contributed by atoms with van der Waals surface area (Å²) in [5, 5.41) is 1.38. The molecule has 3 heterocycles. The van der Waals surface area contributed by atoms with Crippen LogP contribution in [0.5, 0.6) is 0 Å². The summed E-state index contributed by atoms with van der Waals surface area (Å²) in [5.74, 6) is -0.637. The number of hydrogen-bond donors (Lipinski definition) is 1. The fourth-order valence-corrected chi connectivity index (χ4v) is 4.37. The lowest BCUT2D eigenvalue weighted by molar-refractivity contribution is -0.193. The molecule has 0 aliphatic carbocycles. The quantitative estimate of drug-likeness (QED) is 0.690. The van der Waals surface area contributed by atoms with Crippen molar-refractivity contribution in [3.63, 3.8) is 0 Å². The number of halogens is 3. The highest BCUT2D eigenvalue weighted by Gasteiger charge is 2.50. The summed E-state index contributed by atoms with van der Waals surface area (Å²) in [4.78, 5) is 20.6. The molecule has 1 N–H and O–H groups in total. The summed E-state index contributed by atoms with van der Waals surface area (Å²) in [7, 11) is 1.77. The van der Waals surface area contributed by atoms with Crippen LogP contribution >= 0.6 is 11.8 Å². The highest BCUT2D eigenvalue weighted by atomic mass is 32.2. The Kier molecular flexibility index (Phi) is 4.41. The first kappa shape index (κ1) is 18.0. The summed E-state index contributed by atoms with van der Waals surface area (Å²) < 4.78 is 43.4. The Morgan fingerprint density at radius 3 is 2.85 bits per heavy atom. The standard InChI is InChI=1S/C18H17F3N4OS/c1-24-9-7-22-17(24)27-10-14(26)25-8-6-12-11-4-2-3-5-13(11)23-15(12)16(25)18(19,20)21/h2-5,7,9,16,23H,6,8,10H2,1H3/t16-/m1/s1. The molecule has 27 heavy (non-hydrogen) atoms. The minimum atomic E-state index is -4.56. The van der Waals surface area contributed by atoms with Crippen LogP contribution in [0.25, 0.3) is 10.9 Å². The van der Waals surface area contributed by atoms with Gasteiger partial charge < -0.3 is 14.5 Å². The van der Waals surface area contributed by atoms with Crippen molar-refractivity contribution in [2.24, 2.45) is 7.05 Å². The van der Waals surface area contributed by atoms with Crippen molar-refractivity contribution >= 4 is 28.6 Å². The molecule has 4 rings (SSSR count). The Hall–Kier alpha value is -2.42. The summed E-state index contributed by atoms with van der Waals surface area (Å²) >= 11 is 1.14. The Morgan fingerprint density at radius 1 is 1.37 bits per heavy atom. The number of aryl methyl sites for hydroxylation is 1. The molecule has 0 unspecified atom stereocenters. The number of fused-ring (bicyclic) bond motifs is 3. The van der Waals surface area contributed by atoms with E-state index >= 15 is 0 Å². The molecule has 9 heteroatoms. The Morgan fingerprint density at radius 2 is 2.15 bits per heavy atom. The molecule has 2 aromatic heterocycles. The van der Waals surface area contributed by atoms with Gasteiger partial charge >= 0.3 is 6.18 Å². The second-order valence-electron chi connectivity index (χ2n) is 6.45. The zero-order valence-corrected chi connectivity index (χ0v) is 15.3. The Balaban J connectivity index is 1.65. The topological polar surface area (TPSA) is 53.9 Å². The number of H-pyrrole nitrogens is 1. The molecule has 1 aliphatic rings. The van der Waals surface area contributed by atoms with Crippen molar-refractivity contribution in [2.45, 2.75) is 23.8 Å². The molecule has 0 saturated carbocycles. The lowest BCUT2D eigenvalue weighted by Crippen LogP contribution is -2.47. The molecule has 1 aliphatic heterocycles. The van der Waals surface area contributed by atoms with E-state index in [1.165, 1.54) is 0 Å². The average Bonchev–Trinajstić information content (AvgIpc) is 3.20. The van der Waals surface area contributed by atoms with Gasteiger partial charge in [0.05, 0.1) is 11.4 Å². The molecule has 0 spiro atoms. The number of benzene rings is 1. The number of imidazole rings is 1. The van der Waals surface area contributed by atoms with E-state index in [-0.39, 0.29) is 18.0 Å². The van der Waals surface area contributed by atoms with E-state index in [2.05, 4.69) is 9.97 Å². The SMILES string of the molecule is Cn1ccnc1SCC(=O)N1CCc2c([nH]c3ccccc23)[C@@H]1C(F)(F)F. The summed E-state index contributed by atoms with van der Waals surface area (Å²) in [6.07, 6.45) is -0.851. The van der Waals surface area contributed by atoms with Crippen LogP contribution in [-0.4, -0.2) is 43.8 Å². The molecule has 0 bridgehead atoms. The molecule has 3 aromatic rings. The summed E-state index contributed by atoms with van der Waals surface area (Å²) in [5.41, 5.74) is 1.38. The van der Waals surface area contributed by atoms with Crippen LogP contribution in [0.2, 0.25) is 0 Å². The van der Waals surface area contributed by atoms with Crippen LogP contribution in [0, 0.1) is 0 Å². The van der Waals surface area contributed by atoms with Crippen molar-refractivity contribution in [3.05, 3.63) is 47.9 Å². The van der Waals surface area contributed by atoms with Gasteiger partial charge in [-0.2, -0.15) is 13.2 Å². The third-order valence-corrected chi connectivity index (χ3v) is 5.81. The number of aromatic amines is 1. The molecular weight excluding hydrogens is 377 g/mol. The van der Waals surface area contributed by atoms with Gasteiger partial charge in [-0.15, -0.1) is 0 Å². The first-order valence-corrected chi connectivity index (χ1v) is 9.40. The van der Waals surface area contributed by atoms with Crippen LogP contribution in [0.3, 0.4) is 0 Å². The second kappa shape index (κ2) is 6.63. The van der Waals surface area contributed by atoms with Gasteiger partial charge in [0, 0.05) is 36.9 Å². The van der Waals surface area contributed by atoms with Crippen molar-refractivity contribution in [2.75, 3.05) is 12.3 Å². The largest absolute Gasteiger partial charge is 0.414 e. The number of carbonyl (C=O) groups excluding carboxylic acids is 1. The zero-order valence-electron chi connectivity index (χ0n) is 14.5. The number of nitrogens with zero attached hydrogens (tertiary/aromatic N) is 3. The predicted molar refractivity (Wildman–Crippen MR) is 96.4 cm³/mol. The third kappa shape index (κ3) is 3.20. The van der Waals surface area contributed by atoms with E-state index in [0.29, 0.717) is 22.7 Å². The van der Waals surface area contributed by atoms with Gasteiger partial charge in [-0.3, -0.25) is 4.79 Å². The monoisotopic (exact) mass is 394 g/mol. The average molecular weight is 394 g/mol. The van der Waals surface area contributed by atoms with E-state index in [1.54, 1.807) is 42.2 Å². The zero-order chi connectivity index (χ0) is 19.2. The molecule has 142 valence electrons. The highest BCUT2D eigenvalue weighted by molar-refractivity contribution is 7.99. The van der Waals surface area contributed by atoms with Gasteiger partial charge in [0.25, 0.3) is 0 Å². The number of hydrogen-bond acceptors (Lipinski definition) is 3. The van der Waals surface area contributed by atoms with Crippen molar-refractivity contribution in [1.82, 2.24) is 19.4 Å². The van der Waals surface area contributed by atoms with Crippen LogP contribution in [0.1, 0.15) is 17.3 Å². The molecule has 1 aromatic carbocycles. The minimum Gasteiger partial charge on any atom is -0.356 e. The van der Waals surface area contributed by atoms with Crippen LogP contribution in [-0.2, 0) is 18.3 Å². The molecule has 1 amide bonds. The summed E-state index contributed by atoms with van der Waals surface area (Å²) in [6, 6.07) is 5.19. The Bertz CT molecular complexity index is 994. The minimum absolute atomic E-state index is 0.0407. The highest BCUT2D eigenvalue weighted by Crippen LogP contribution is 2.43. The molecular formula is C18H17F3N4OS. The molecule has 1 atom stereocenters. The lowest BCUT2D eigenvalue weighted by atomic mass is 9.97. The summed E-state index contributed by atoms with van der Waals surface area (Å²) in [6.45, 7) is 0.0407. The number of nitrogens with one attached hydrogen (secondary N) is 1. The molecule has 0 fully saturated rings. The van der Waals surface area contributed by atoms with E-state index in [0.717, 1.165) is 22.0 Å². The van der Waals surface area contributed by atoms with Crippen LogP contribution in [0.15, 0.2) is 41.8 Å². The van der Waals surface area contributed by atoms with Gasteiger partial charge in [-0.1, -0.05) is 30.0 Å². The maximum Gasteiger partial charge on any atom is 0.414 e. The van der Waals surface area contributed by atoms with E-state index in [4.69, 9.17) is 0 Å². The molecule has 0 radical (unpaired) electrons. The number of rotatable bonds is 3. The van der Waals surface area contributed by atoms with Gasteiger partial charge in [0.2, 0.25) is 5.91 Å². The van der Waals surface area contributed by atoms with Crippen molar-refractivity contribution < 1.29 is 18.0 Å². The van der Waals surface area contributed by atoms with Crippen molar-refractivity contribution in [3.8, 4) is 0 Å². The van der Waals surface area contributed by atoms with Crippen LogP contribution < -0.4 is 0 Å². The normalized spacial score (nSPS) is 17.3. The lowest BCUT2D eigenvalue weighted by Gasteiger charge is -2.36. The van der Waals surface area contributed by atoms with Gasteiger partial charge in [0.1, 0.15) is 0 Å². The third-order valence-electron chi connectivity index (χ3n) is 4.77. The van der Waals surface area contributed by atoms with E-state index in [9.17, 15) is 18.0 Å². The van der Waals surface area contributed by atoms with E-state index in [1.807, 2.05) is 6.07 Å². The fraction of sp³-hybridized carbons (Fsp3) is 0.333. The maximum atomic E-state index is 13.9. The maximum absolute atomic E-state index is 13.9. The number of amides is 1. The molecule has 0 saturated heterocycles. The van der Waals surface area contributed by atoms with Gasteiger partial charge in [0.15, 0.2) is 11.2 Å². The number of para-hydroxylation sites is 1. The smallest absolute Gasteiger partial charge is 0.356 e. The first-order valence-electron chi connectivity index (χ1n) is 8.42. The predicted octanol–water partition coefficient (Wildman–Crippen LogP) is 3.68. The van der Waals surface area contributed by atoms with Crippen molar-refractivity contribution in [1.29, 1.82) is 0 Å². The van der Waals surface area contributed by atoms with E-state index < -0.39 is 18.1 Å². The first-order chi connectivity index (χ1) is 12.9. The van der Waals surface area contributed by atoms with Gasteiger partial charge in [-0.25, -0.2) is 4.98 Å². The Labute approximate surface area is 157 Å². The van der Waals surface area contributed by atoms with Crippen LogP contribution in [0.4, 0.5) is 13.2 Å². The molecule has 5 nitrogen and oxygen atoms in total. The number of thioether (sulfide) groups is 1. The second-order valence-corrected chi connectivity index (χ2v) is 7.40.